The van der Waals surface area contributed by atoms with Gasteiger partial charge in [-0.1, -0.05) is 24.8 Å². The summed E-state index contributed by atoms with van der Waals surface area (Å²) in [6, 6.07) is 11.7. The molecular weight excluding hydrogens is 458 g/mol. The van der Waals surface area contributed by atoms with E-state index in [4.69, 9.17) is 31.2 Å². The van der Waals surface area contributed by atoms with Crippen LogP contribution >= 0.6 is 12.2 Å². The van der Waals surface area contributed by atoms with Gasteiger partial charge in [-0.3, -0.25) is 4.79 Å². The summed E-state index contributed by atoms with van der Waals surface area (Å²) in [6.07, 6.45) is -0.825. The molecule has 2 aromatic rings. The van der Waals surface area contributed by atoms with Crippen molar-refractivity contribution in [3.05, 3.63) is 60.3 Å². The first-order chi connectivity index (χ1) is 16.3. The van der Waals surface area contributed by atoms with E-state index in [0.717, 1.165) is 0 Å². The molecule has 10 heteroatoms. The van der Waals surface area contributed by atoms with Crippen molar-refractivity contribution in [2.45, 2.75) is 19.1 Å². The number of ether oxygens (including phenoxy) is 4. The van der Waals surface area contributed by atoms with Crippen molar-refractivity contribution in [1.82, 2.24) is 10.6 Å². The Morgan fingerprint density at radius 2 is 1.76 bits per heavy atom. The van der Waals surface area contributed by atoms with Crippen molar-refractivity contribution in [3.8, 4) is 17.2 Å². The zero-order valence-electron chi connectivity index (χ0n) is 19.3. The van der Waals surface area contributed by atoms with Crippen LogP contribution in [0.15, 0.2) is 54.7 Å². The molecule has 9 nitrogen and oxygen atoms in total. The van der Waals surface area contributed by atoms with Gasteiger partial charge in [0.1, 0.15) is 11.7 Å². The number of hydrogen-bond donors (Lipinski definition) is 3. The van der Waals surface area contributed by atoms with E-state index < -0.39 is 24.0 Å². The van der Waals surface area contributed by atoms with E-state index >= 15 is 0 Å². The molecule has 1 heterocycles. The van der Waals surface area contributed by atoms with Crippen LogP contribution in [0, 0.1) is 5.92 Å². The Labute approximate surface area is 203 Å². The predicted octanol–water partition coefficient (Wildman–Crippen LogP) is 2.93. The fourth-order valence-electron chi connectivity index (χ4n) is 3.61. The summed E-state index contributed by atoms with van der Waals surface area (Å²) in [6.45, 7) is 5.59. The topological polar surface area (TPSA) is 107 Å². The molecule has 2 aromatic carbocycles. The minimum absolute atomic E-state index is 0.305. The smallest absolute Gasteiger partial charge is 0.346 e. The van der Waals surface area contributed by atoms with Gasteiger partial charge in [0.2, 0.25) is 5.91 Å². The molecule has 0 radical (unpaired) electrons. The van der Waals surface area contributed by atoms with Crippen LogP contribution in [-0.4, -0.2) is 44.4 Å². The lowest BCUT2D eigenvalue weighted by Gasteiger charge is -2.35. The summed E-state index contributed by atoms with van der Waals surface area (Å²) in [5.41, 5.74) is 1.69. The third kappa shape index (κ3) is 5.40. The van der Waals surface area contributed by atoms with Crippen molar-refractivity contribution in [1.29, 1.82) is 0 Å². The van der Waals surface area contributed by atoms with Crippen LogP contribution in [0.25, 0.3) is 0 Å². The number of rotatable bonds is 8. The molecule has 1 aliphatic rings. The van der Waals surface area contributed by atoms with Gasteiger partial charge in [0.05, 0.1) is 33.1 Å². The number of carbonyl (C=O) groups is 2. The van der Waals surface area contributed by atoms with E-state index in [1.54, 1.807) is 43.3 Å². The van der Waals surface area contributed by atoms with Crippen LogP contribution in [0.2, 0.25) is 0 Å². The van der Waals surface area contributed by atoms with Crippen LogP contribution in [-0.2, 0) is 14.3 Å². The third-order valence-corrected chi connectivity index (χ3v) is 5.52. The molecule has 0 bridgehead atoms. The summed E-state index contributed by atoms with van der Waals surface area (Å²) < 4.78 is 21.2. The van der Waals surface area contributed by atoms with Crippen molar-refractivity contribution >= 4 is 34.9 Å². The fraction of sp³-hybridized carbons (Fsp3) is 0.292. The van der Waals surface area contributed by atoms with E-state index in [9.17, 15) is 9.59 Å². The summed E-state index contributed by atoms with van der Waals surface area (Å²) in [4.78, 5) is 25.1. The Hall–Kier alpha value is -3.79. The predicted molar refractivity (Wildman–Crippen MR) is 131 cm³/mol. The average Bonchev–Trinajstić information content (AvgIpc) is 2.83. The highest BCUT2D eigenvalue weighted by Gasteiger charge is 2.37. The Morgan fingerprint density at radius 3 is 2.44 bits per heavy atom. The fourth-order valence-corrected chi connectivity index (χ4v) is 3.87. The second kappa shape index (κ2) is 10.9. The highest BCUT2D eigenvalue weighted by Crippen LogP contribution is 2.37. The molecule has 0 saturated carbocycles. The van der Waals surface area contributed by atoms with Crippen molar-refractivity contribution in [3.63, 3.8) is 0 Å². The first-order valence-corrected chi connectivity index (χ1v) is 10.8. The minimum Gasteiger partial charge on any atom is -0.495 e. The quantitative estimate of drug-likeness (QED) is 0.384. The number of thiocarbonyl (C=S) groups is 1. The number of methoxy groups -OCH3 is 3. The van der Waals surface area contributed by atoms with E-state index in [1.165, 1.54) is 21.3 Å². The monoisotopic (exact) mass is 485 g/mol. The molecule has 0 aliphatic carbocycles. The van der Waals surface area contributed by atoms with Crippen LogP contribution in [0.3, 0.4) is 0 Å². The molecule has 1 saturated heterocycles. The van der Waals surface area contributed by atoms with E-state index in [0.29, 0.717) is 39.3 Å². The van der Waals surface area contributed by atoms with Crippen LogP contribution < -0.4 is 30.2 Å². The standard InChI is InChI=1S/C24H27N3O6S/c1-13-20(22(28)26-16-8-6-7-9-17(16)30-3)21(27-24(34)25-13)15-10-11-18(19(12-15)31-4)33-14(2)23(29)32-5/h6-12,14,20-21H,1H2,2-5H3,(H,26,28)(H2,25,27,34)/t14-,20+,21-/m0/s1. The lowest BCUT2D eigenvalue weighted by atomic mass is 9.88. The minimum atomic E-state index is -0.825. The molecule has 3 N–H and O–H groups in total. The lowest BCUT2D eigenvalue weighted by molar-refractivity contribution is -0.148. The summed E-state index contributed by atoms with van der Waals surface area (Å²) >= 11 is 5.31. The summed E-state index contributed by atoms with van der Waals surface area (Å²) in [5.74, 6) is -0.264. The van der Waals surface area contributed by atoms with E-state index in [-0.39, 0.29) is 5.91 Å². The maximum Gasteiger partial charge on any atom is 0.346 e. The maximum absolute atomic E-state index is 13.4. The number of hydrogen-bond acceptors (Lipinski definition) is 7. The molecule has 34 heavy (non-hydrogen) atoms. The Morgan fingerprint density at radius 1 is 1.06 bits per heavy atom. The molecule has 0 aromatic heterocycles. The number of anilines is 1. The highest BCUT2D eigenvalue weighted by atomic mass is 32.1. The number of esters is 1. The van der Waals surface area contributed by atoms with Crippen LogP contribution in [0.4, 0.5) is 5.69 Å². The number of amides is 1. The average molecular weight is 486 g/mol. The molecule has 3 atom stereocenters. The van der Waals surface area contributed by atoms with Crippen molar-refractivity contribution in [2.24, 2.45) is 5.92 Å². The zero-order chi connectivity index (χ0) is 24.8. The maximum atomic E-state index is 13.4. The van der Waals surface area contributed by atoms with Gasteiger partial charge in [-0.2, -0.15) is 0 Å². The highest BCUT2D eigenvalue weighted by molar-refractivity contribution is 7.80. The van der Waals surface area contributed by atoms with Crippen LogP contribution in [0.5, 0.6) is 17.2 Å². The number of benzene rings is 2. The second-order valence-corrected chi connectivity index (χ2v) is 7.87. The summed E-state index contributed by atoms with van der Waals surface area (Å²) in [7, 11) is 4.31. The molecule has 1 aliphatic heterocycles. The second-order valence-electron chi connectivity index (χ2n) is 7.46. The van der Waals surface area contributed by atoms with E-state index in [1.807, 2.05) is 6.07 Å². The van der Waals surface area contributed by atoms with Gasteiger partial charge in [-0.15, -0.1) is 0 Å². The third-order valence-electron chi connectivity index (χ3n) is 5.30. The Kier molecular flexibility index (Phi) is 7.95. The van der Waals surface area contributed by atoms with Gasteiger partial charge >= 0.3 is 5.97 Å². The first-order valence-electron chi connectivity index (χ1n) is 10.4. The van der Waals surface area contributed by atoms with Crippen LogP contribution in [0.1, 0.15) is 18.5 Å². The van der Waals surface area contributed by atoms with Gasteiger partial charge in [-0.05, 0) is 49.0 Å². The Bertz CT molecular complexity index is 1110. The molecule has 180 valence electrons. The SMILES string of the molecule is C=C1NC(=S)N[C@@H](c2ccc(O[C@@H](C)C(=O)OC)c(OC)c2)[C@@H]1C(=O)Nc1ccccc1OC. The molecule has 1 fully saturated rings. The van der Waals surface area contributed by atoms with Gasteiger partial charge in [0.15, 0.2) is 22.7 Å². The number of para-hydroxylation sites is 2. The molecule has 3 rings (SSSR count). The van der Waals surface area contributed by atoms with E-state index in [2.05, 4.69) is 22.5 Å². The number of carbonyl (C=O) groups excluding carboxylic acids is 2. The molecule has 0 spiro atoms. The van der Waals surface area contributed by atoms with Gasteiger partial charge in [0, 0.05) is 5.70 Å². The molecule has 1 amide bonds. The first kappa shape index (κ1) is 24.8. The Balaban J connectivity index is 1.91. The summed E-state index contributed by atoms with van der Waals surface area (Å²) in [5, 5.41) is 9.33. The van der Waals surface area contributed by atoms with Gasteiger partial charge in [0.25, 0.3) is 0 Å². The largest absolute Gasteiger partial charge is 0.495 e. The normalized spacial score (nSPS) is 18.1. The zero-order valence-corrected chi connectivity index (χ0v) is 20.2. The van der Waals surface area contributed by atoms with Gasteiger partial charge < -0.3 is 34.9 Å². The van der Waals surface area contributed by atoms with Crippen molar-refractivity contribution in [2.75, 3.05) is 26.6 Å². The van der Waals surface area contributed by atoms with Crippen molar-refractivity contribution < 1.29 is 28.5 Å². The van der Waals surface area contributed by atoms with Gasteiger partial charge in [-0.25, -0.2) is 4.79 Å². The molecular formula is C24H27N3O6S. The number of nitrogens with one attached hydrogen (secondary N) is 3. The lowest BCUT2D eigenvalue weighted by Crippen LogP contribution is -2.51. The molecule has 0 unspecified atom stereocenters.